The van der Waals surface area contributed by atoms with Gasteiger partial charge in [0.05, 0.1) is 37.5 Å². The van der Waals surface area contributed by atoms with E-state index in [4.69, 9.17) is 18.7 Å². The lowest BCUT2D eigenvalue weighted by molar-refractivity contribution is 0.0426. The van der Waals surface area contributed by atoms with Gasteiger partial charge < -0.3 is 18.7 Å². The van der Waals surface area contributed by atoms with Gasteiger partial charge in [0.25, 0.3) is 17.7 Å². The van der Waals surface area contributed by atoms with Crippen molar-refractivity contribution < 1.29 is 33.1 Å². The number of benzene rings is 3. The van der Waals surface area contributed by atoms with Crippen LogP contribution in [-0.4, -0.2) is 47.0 Å². The Kier molecular flexibility index (Phi) is 6.38. The molecule has 10 nitrogen and oxygen atoms in total. The number of para-hydroxylation sites is 1. The fourth-order valence-electron chi connectivity index (χ4n) is 4.04. The van der Waals surface area contributed by atoms with Crippen LogP contribution in [0.1, 0.15) is 42.5 Å². The number of ether oxygens (including phenoxy) is 3. The van der Waals surface area contributed by atoms with Crippen molar-refractivity contribution in [2.45, 2.75) is 13.2 Å². The van der Waals surface area contributed by atoms with Gasteiger partial charge in [0.2, 0.25) is 5.82 Å². The van der Waals surface area contributed by atoms with Crippen molar-refractivity contribution >= 4 is 17.8 Å². The molecule has 1 aromatic heterocycles. The Morgan fingerprint density at radius 2 is 1.51 bits per heavy atom. The first-order valence-corrected chi connectivity index (χ1v) is 11.3. The van der Waals surface area contributed by atoms with E-state index < -0.39 is 5.97 Å². The molecule has 0 spiro atoms. The van der Waals surface area contributed by atoms with Crippen LogP contribution in [-0.2, 0) is 17.9 Å². The van der Waals surface area contributed by atoms with Crippen LogP contribution in [0.15, 0.2) is 71.3 Å². The molecule has 37 heavy (non-hydrogen) atoms. The number of hydrogen-bond acceptors (Lipinski definition) is 9. The molecule has 0 N–H and O–H groups in total. The molecule has 2 amide bonds. The number of carbonyl (C=O) groups is 3. The molecule has 0 radical (unpaired) electrons. The van der Waals surface area contributed by atoms with Crippen molar-refractivity contribution in [3.8, 4) is 22.9 Å². The van der Waals surface area contributed by atoms with Crippen molar-refractivity contribution in [3.05, 3.63) is 94.9 Å². The summed E-state index contributed by atoms with van der Waals surface area (Å²) in [4.78, 5) is 43.8. The summed E-state index contributed by atoms with van der Waals surface area (Å²) in [5.74, 6) is -0.231. The first kappa shape index (κ1) is 23.7. The van der Waals surface area contributed by atoms with Gasteiger partial charge in [0, 0.05) is 0 Å². The Hall–Kier alpha value is -4.99. The van der Waals surface area contributed by atoms with Gasteiger partial charge in [-0.3, -0.25) is 14.5 Å². The number of methoxy groups -OCH3 is 2. The zero-order chi connectivity index (χ0) is 25.9. The Bertz CT molecular complexity index is 1480. The number of nitrogens with zero attached hydrogens (tertiary/aromatic N) is 3. The fraction of sp³-hybridized carbons (Fsp3) is 0.148. The Balaban J connectivity index is 1.30. The lowest BCUT2D eigenvalue weighted by Crippen LogP contribution is -2.29. The second-order valence-corrected chi connectivity index (χ2v) is 8.06. The summed E-state index contributed by atoms with van der Waals surface area (Å²) in [6.45, 7) is -0.282. The van der Waals surface area contributed by atoms with Crippen LogP contribution >= 0.6 is 0 Å². The molecule has 0 fully saturated rings. The molecule has 4 aromatic rings. The van der Waals surface area contributed by atoms with Crippen molar-refractivity contribution in [1.82, 2.24) is 15.0 Å². The first-order chi connectivity index (χ1) is 18.0. The molecular formula is C27H21N3O7. The lowest BCUT2D eigenvalue weighted by Gasteiger charge is -2.15. The molecule has 2 heterocycles. The van der Waals surface area contributed by atoms with Gasteiger partial charge in [-0.15, -0.1) is 0 Å². The van der Waals surface area contributed by atoms with Crippen molar-refractivity contribution in [2.24, 2.45) is 0 Å². The summed E-state index contributed by atoms with van der Waals surface area (Å²) >= 11 is 0. The van der Waals surface area contributed by atoms with Crippen LogP contribution in [0.2, 0.25) is 0 Å². The molecule has 186 valence electrons. The van der Waals surface area contributed by atoms with E-state index in [0.717, 1.165) is 4.90 Å². The van der Waals surface area contributed by atoms with E-state index in [0.29, 0.717) is 33.8 Å². The van der Waals surface area contributed by atoms with Gasteiger partial charge in [-0.1, -0.05) is 35.5 Å². The van der Waals surface area contributed by atoms with Gasteiger partial charge in [-0.05, 0) is 42.0 Å². The zero-order valence-electron chi connectivity index (χ0n) is 20.0. The maximum atomic E-state index is 12.9. The topological polar surface area (TPSA) is 121 Å². The molecule has 0 saturated carbocycles. The van der Waals surface area contributed by atoms with Crippen molar-refractivity contribution in [2.75, 3.05) is 14.2 Å². The standard InChI is InChI=1S/C27H21N3O7/c1-34-21-10-6-5-9-19(21)24-28-23(37-29-24)15-36-27(33)20-13-16(11-12-22(20)35-2)14-30-25(31)17-7-3-4-8-18(17)26(30)32/h3-13H,14-15H2,1-2H3. The highest BCUT2D eigenvalue weighted by Gasteiger charge is 2.35. The zero-order valence-corrected chi connectivity index (χ0v) is 20.0. The first-order valence-electron chi connectivity index (χ1n) is 11.3. The van der Waals surface area contributed by atoms with E-state index in [1.807, 2.05) is 12.1 Å². The van der Waals surface area contributed by atoms with E-state index in [-0.39, 0.29) is 42.2 Å². The Morgan fingerprint density at radius 3 is 2.19 bits per heavy atom. The Labute approximate surface area is 211 Å². The maximum Gasteiger partial charge on any atom is 0.342 e. The summed E-state index contributed by atoms with van der Waals surface area (Å²) in [5, 5.41) is 3.93. The molecule has 1 aliphatic heterocycles. The number of esters is 1. The van der Waals surface area contributed by atoms with E-state index in [1.54, 1.807) is 48.5 Å². The highest BCUT2D eigenvalue weighted by molar-refractivity contribution is 6.21. The van der Waals surface area contributed by atoms with Crippen LogP contribution < -0.4 is 9.47 Å². The summed E-state index contributed by atoms with van der Waals surface area (Å²) in [7, 11) is 2.96. The number of carbonyl (C=O) groups excluding carboxylic acids is 3. The Morgan fingerprint density at radius 1 is 0.865 bits per heavy atom. The van der Waals surface area contributed by atoms with Crippen LogP contribution in [0.4, 0.5) is 0 Å². The van der Waals surface area contributed by atoms with Gasteiger partial charge in [-0.25, -0.2) is 4.79 Å². The third kappa shape index (κ3) is 4.52. The smallest absolute Gasteiger partial charge is 0.342 e. The number of rotatable bonds is 8. The third-order valence-corrected chi connectivity index (χ3v) is 5.85. The molecule has 0 atom stereocenters. The molecular weight excluding hydrogens is 478 g/mol. The molecule has 3 aromatic carbocycles. The number of aromatic nitrogens is 2. The molecule has 0 saturated heterocycles. The molecule has 0 bridgehead atoms. The van der Waals surface area contributed by atoms with E-state index in [1.165, 1.54) is 20.3 Å². The van der Waals surface area contributed by atoms with Crippen LogP contribution in [0.25, 0.3) is 11.4 Å². The van der Waals surface area contributed by atoms with E-state index in [9.17, 15) is 14.4 Å². The van der Waals surface area contributed by atoms with Gasteiger partial charge in [0.1, 0.15) is 17.1 Å². The number of amides is 2. The summed E-state index contributed by atoms with van der Waals surface area (Å²) in [6.07, 6.45) is 0. The van der Waals surface area contributed by atoms with Crippen molar-refractivity contribution in [3.63, 3.8) is 0 Å². The predicted octanol–water partition coefficient (Wildman–Crippen LogP) is 3.91. The highest BCUT2D eigenvalue weighted by Crippen LogP contribution is 2.28. The van der Waals surface area contributed by atoms with Gasteiger partial charge in [-0.2, -0.15) is 4.98 Å². The molecule has 10 heteroatoms. The normalized spacial score (nSPS) is 12.4. The van der Waals surface area contributed by atoms with E-state index in [2.05, 4.69) is 10.1 Å². The fourth-order valence-corrected chi connectivity index (χ4v) is 4.04. The minimum Gasteiger partial charge on any atom is -0.496 e. The minimum atomic E-state index is -0.696. The highest BCUT2D eigenvalue weighted by atomic mass is 16.6. The minimum absolute atomic E-state index is 0.0114. The molecule has 0 unspecified atom stereocenters. The quantitative estimate of drug-likeness (QED) is 0.262. The summed E-state index contributed by atoms with van der Waals surface area (Å²) in [6, 6.07) is 18.6. The second-order valence-electron chi connectivity index (χ2n) is 8.06. The maximum absolute atomic E-state index is 12.9. The summed E-state index contributed by atoms with van der Waals surface area (Å²) in [5.41, 5.74) is 2.02. The number of imide groups is 1. The van der Waals surface area contributed by atoms with Crippen molar-refractivity contribution in [1.29, 1.82) is 0 Å². The number of fused-ring (bicyclic) bond motifs is 1. The molecule has 1 aliphatic rings. The van der Waals surface area contributed by atoms with Crippen LogP contribution in [0.3, 0.4) is 0 Å². The lowest BCUT2D eigenvalue weighted by atomic mass is 10.1. The monoisotopic (exact) mass is 499 g/mol. The molecule has 5 rings (SSSR count). The third-order valence-electron chi connectivity index (χ3n) is 5.85. The van der Waals surface area contributed by atoms with Crippen LogP contribution in [0.5, 0.6) is 11.5 Å². The average molecular weight is 499 g/mol. The van der Waals surface area contributed by atoms with Gasteiger partial charge in [0.15, 0.2) is 6.61 Å². The average Bonchev–Trinajstić information content (AvgIpc) is 3.51. The number of hydrogen-bond donors (Lipinski definition) is 0. The van der Waals surface area contributed by atoms with Gasteiger partial charge >= 0.3 is 5.97 Å². The second kappa shape index (κ2) is 9.94. The largest absolute Gasteiger partial charge is 0.496 e. The van der Waals surface area contributed by atoms with E-state index >= 15 is 0 Å². The predicted molar refractivity (Wildman–Crippen MR) is 129 cm³/mol. The SMILES string of the molecule is COc1ccc(CN2C(=O)c3ccccc3C2=O)cc1C(=O)OCc1nc(-c2ccccc2OC)no1. The summed E-state index contributed by atoms with van der Waals surface area (Å²) < 4.78 is 21.2. The molecule has 0 aliphatic carbocycles. The van der Waals surface area contributed by atoms with Crippen LogP contribution in [0, 0.1) is 0 Å².